The molecule has 80 valence electrons. The van der Waals surface area contributed by atoms with E-state index < -0.39 is 6.10 Å². The summed E-state index contributed by atoms with van der Waals surface area (Å²) in [6.07, 6.45) is 0.167. The van der Waals surface area contributed by atoms with Crippen molar-refractivity contribution in [1.82, 2.24) is 0 Å². The highest BCUT2D eigenvalue weighted by Crippen LogP contribution is 2.37. The highest BCUT2D eigenvalue weighted by molar-refractivity contribution is 6.42. The quantitative estimate of drug-likeness (QED) is 0.826. The summed E-state index contributed by atoms with van der Waals surface area (Å²) in [5.74, 6) is 0.416. The summed E-state index contributed by atoms with van der Waals surface area (Å²) in [5.41, 5.74) is 0.569. The monoisotopic (exact) mass is 245 g/mol. The third-order valence-corrected chi connectivity index (χ3v) is 2.93. The van der Waals surface area contributed by atoms with Crippen molar-refractivity contribution in [3.8, 4) is 5.75 Å². The molecule has 1 atom stereocenters. The molecular weight excluding hydrogens is 237 g/mol. The highest BCUT2D eigenvalue weighted by Gasteiger charge is 2.26. The van der Waals surface area contributed by atoms with Gasteiger partial charge in [0.2, 0.25) is 0 Å². The molecule has 2 rings (SSSR count). The molecule has 0 spiro atoms. The van der Waals surface area contributed by atoms with Gasteiger partial charge in [-0.1, -0.05) is 30.1 Å². The van der Waals surface area contributed by atoms with Crippen LogP contribution in [-0.2, 0) is 4.79 Å². The third kappa shape index (κ3) is 1.90. The second kappa shape index (κ2) is 3.91. The molecule has 15 heavy (non-hydrogen) atoms. The Labute approximate surface area is 97.3 Å². The Morgan fingerprint density at radius 1 is 1.40 bits per heavy atom. The summed E-state index contributed by atoms with van der Waals surface area (Å²) in [5, 5.41) is 3.54. The molecule has 1 unspecified atom stereocenters. The van der Waals surface area contributed by atoms with Gasteiger partial charge < -0.3 is 10.1 Å². The molecule has 0 radical (unpaired) electrons. The summed E-state index contributed by atoms with van der Waals surface area (Å²) >= 11 is 11.7. The maximum atomic E-state index is 11.5. The van der Waals surface area contributed by atoms with E-state index in [-0.39, 0.29) is 5.91 Å². The van der Waals surface area contributed by atoms with Gasteiger partial charge in [0.25, 0.3) is 5.91 Å². The zero-order chi connectivity index (χ0) is 11.0. The lowest BCUT2D eigenvalue weighted by Gasteiger charge is -2.25. The molecule has 1 N–H and O–H groups in total. The lowest BCUT2D eigenvalue weighted by Crippen LogP contribution is -2.36. The predicted molar refractivity (Wildman–Crippen MR) is 59.8 cm³/mol. The zero-order valence-electron chi connectivity index (χ0n) is 8.01. The molecule has 1 aromatic carbocycles. The zero-order valence-corrected chi connectivity index (χ0v) is 9.52. The Morgan fingerprint density at radius 2 is 2.07 bits per heavy atom. The van der Waals surface area contributed by atoms with E-state index in [1.807, 2.05) is 6.92 Å². The molecule has 1 aliphatic rings. The first-order valence-electron chi connectivity index (χ1n) is 4.58. The van der Waals surface area contributed by atoms with Gasteiger partial charge >= 0.3 is 0 Å². The number of rotatable bonds is 1. The van der Waals surface area contributed by atoms with Crippen LogP contribution in [0.4, 0.5) is 5.69 Å². The van der Waals surface area contributed by atoms with Crippen LogP contribution < -0.4 is 10.1 Å². The number of fused-ring (bicyclic) bond motifs is 1. The Morgan fingerprint density at radius 3 is 2.73 bits per heavy atom. The fourth-order valence-corrected chi connectivity index (χ4v) is 1.73. The molecule has 0 aliphatic carbocycles. The Hall–Kier alpha value is -0.930. The molecule has 0 fully saturated rings. The Balaban J connectivity index is 2.41. The van der Waals surface area contributed by atoms with Crippen molar-refractivity contribution in [3.05, 3.63) is 22.2 Å². The van der Waals surface area contributed by atoms with E-state index in [2.05, 4.69) is 5.32 Å². The van der Waals surface area contributed by atoms with Crippen LogP contribution in [0.3, 0.4) is 0 Å². The maximum Gasteiger partial charge on any atom is 0.265 e. The molecule has 1 amide bonds. The Bertz CT molecular complexity index is 420. The molecule has 0 aromatic heterocycles. The first-order valence-corrected chi connectivity index (χ1v) is 5.34. The number of ether oxygens (including phenoxy) is 1. The number of hydrogen-bond acceptors (Lipinski definition) is 2. The molecule has 1 aromatic rings. The van der Waals surface area contributed by atoms with Crippen molar-refractivity contribution >= 4 is 34.8 Å². The van der Waals surface area contributed by atoms with Crippen molar-refractivity contribution in [2.75, 3.05) is 5.32 Å². The standard InChI is InChI=1S/C10H9Cl2NO2/c1-2-8-10(14)13-7-3-5(11)6(12)4-9(7)15-8/h3-4,8H,2H2,1H3,(H,13,14). The van der Waals surface area contributed by atoms with Crippen molar-refractivity contribution in [1.29, 1.82) is 0 Å². The number of halogens is 2. The fraction of sp³-hybridized carbons (Fsp3) is 0.300. The van der Waals surface area contributed by atoms with Gasteiger partial charge in [-0.2, -0.15) is 0 Å². The fourth-order valence-electron chi connectivity index (χ4n) is 1.41. The maximum absolute atomic E-state index is 11.5. The highest BCUT2D eigenvalue weighted by atomic mass is 35.5. The summed E-state index contributed by atoms with van der Waals surface area (Å²) in [6.45, 7) is 1.88. The SMILES string of the molecule is CCC1Oc2cc(Cl)c(Cl)cc2NC1=O. The van der Waals surface area contributed by atoms with Crippen molar-refractivity contribution in [2.24, 2.45) is 0 Å². The molecule has 5 heteroatoms. The van der Waals surface area contributed by atoms with Gasteiger partial charge in [-0.15, -0.1) is 0 Å². The van der Waals surface area contributed by atoms with Crippen LogP contribution in [0.15, 0.2) is 12.1 Å². The number of carbonyl (C=O) groups is 1. The lowest BCUT2D eigenvalue weighted by molar-refractivity contribution is -0.123. The largest absolute Gasteiger partial charge is 0.478 e. The predicted octanol–water partition coefficient (Wildman–Crippen LogP) is 3.10. The minimum atomic E-state index is -0.449. The second-order valence-corrected chi connectivity index (χ2v) is 4.08. The molecule has 3 nitrogen and oxygen atoms in total. The summed E-state index contributed by atoms with van der Waals surface area (Å²) < 4.78 is 5.47. The molecular formula is C10H9Cl2NO2. The van der Waals surface area contributed by atoms with Crippen LogP contribution in [-0.4, -0.2) is 12.0 Å². The second-order valence-electron chi connectivity index (χ2n) is 3.27. The van der Waals surface area contributed by atoms with Gasteiger partial charge in [0, 0.05) is 6.07 Å². The van der Waals surface area contributed by atoms with Crippen LogP contribution in [0.5, 0.6) is 5.75 Å². The normalized spacial score (nSPS) is 19.1. The van der Waals surface area contributed by atoms with Gasteiger partial charge in [0.1, 0.15) is 5.75 Å². The van der Waals surface area contributed by atoms with E-state index in [1.165, 1.54) is 0 Å². The number of hydrogen-bond donors (Lipinski definition) is 1. The van der Waals surface area contributed by atoms with E-state index in [9.17, 15) is 4.79 Å². The third-order valence-electron chi connectivity index (χ3n) is 2.21. The van der Waals surface area contributed by atoms with Gasteiger partial charge in [-0.05, 0) is 12.5 Å². The van der Waals surface area contributed by atoms with Crippen LogP contribution >= 0.6 is 23.2 Å². The average molecular weight is 246 g/mol. The average Bonchev–Trinajstić information content (AvgIpc) is 2.20. The molecule has 0 bridgehead atoms. The van der Waals surface area contributed by atoms with Gasteiger partial charge in [0.15, 0.2) is 6.10 Å². The van der Waals surface area contributed by atoms with E-state index in [1.54, 1.807) is 12.1 Å². The summed E-state index contributed by atoms with van der Waals surface area (Å²) in [7, 11) is 0. The van der Waals surface area contributed by atoms with Gasteiger partial charge in [-0.25, -0.2) is 0 Å². The lowest BCUT2D eigenvalue weighted by atomic mass is 10.2. The number of benzene rings is 1. The molecule has 1 heterocycles. The van der Waals surface area contributed by atoms with E-state index >= 15 is 0 Å². The van der Waals surface area contributed by atoms with Crippen molar-refractivity contribution in [2.45, 2.75) is 19.4 Å². The van der Waals surface area contributed by atoms with Crippen LogP contribution in [0.25, 0.3) is 0 Å². The summed E-state index contributed by atoms with van der Waals surface area (Å²) in [4.78, 5) is 11.5. The van der Waals surface area contributed by atoms with Crippen LogP contribution in [0, 0.1) is 0 Å². The van der Waals surface area contributed by atoms with E-state index in [4.69, 9.17) is 27.9 Å². The minimum absolute atomic E-state index is 0.150. The smallest absolute Gasteiger partial charge is 0.265 e. The first kappa shape index (κ1) is 10.6. The van der Waals surface area contributed by atoms with Gasteiger partial charge in [0.05, 0.1) is 15.7 Å². The molecule has 0 saturated heterocycles. The number of amides is 1. The van der Waals surface area contributed by atoms with Gasteiger partial charge in [-0.3, -0.25) is 4.79 Å². The van der Waals surface area contributed by atoms with Crippen molar-refractivity contribution in [3.63, 3.8) is 0 Å². The molecule has 1 aliphatic heterocycles. The van der Waals surface area contributed by atoms with E-state index in [0.29, 0.717) is 27.9 Å². The number of carbonyl (C=O) groups excluding carboxylic acids is 1. The van der Waals surface area contributed by atoms with Crippen LogP contribution in [0.1, 0.15) is 13.3 Å². The topological polar surface area (TPSA) is 38.3 Å². The molecule has 0 saturated carbocycles. The van der Waals surface area contributed by atoms with E-state index in [0.717, 1.165) is 0 Å². The Kier molecular flexibility index (Phi) is 2.76. The van der Waals surface area contributed by atoms with Crippen molar-refractivity contribution < 1.29 is 9.53 Å². The number of nitrogens with one attached hydrogen (secondary N) is 1. The summed E-state index contributed by atoms with van der Waals surface area (Å²) in [6, 6.07) is 3.20. The van der Waals surface area contributed by atoms with Crippen LogP contribution in [0.2, 0.25) is 10.0 Å². The minimum Gasteiger partial charge on any atom is -0.478 e. The first-order chi connectivity index (χ1) is 7.11. The number of anilines is 1.